The third kappa shape index (κ3) is 3.22. The van der Waals surface area contributed by atoms with Crippen LogP contribution in [0.15, 0.2) is 12.1 Å². The normalized spacial score (nSPS) is 21.8. The summed E-state index contributed by atoms with van der Waals surface area (Å²) in [7, 11) is 0. The summed E-state index contributed by atoms with van der Waals surface area (Å²) in [4.78, 5) is 13.9. The van der Waals surface area contributed by atoms with Crippen molar-refractivity contribution < 1.29 is 13.6 Å². The van der Waals surface area contributed by atoms with E-state index in [4.69, 9.17) is 17.3 Å². The van der Waals surface area contributed by atoms with Crippen LogP contribution in [0.3, 0.4) is 0 Å². The first-order valence-corrected chi connectivity index (χ1v) is 6.47. The van der Waals surface area contributed by atoms with Gasteiger partial charge >= 0.3 is 0 Å². The maximum absolute atomic E-state index is 13.2. The second-order valence-corrected chi connectivity index (χ2v) is 5.30. The molecule has 20 heavy (non-hydrogen) atoms. The number of nitrogens with two attached hydrogens (primary N) is 1. The van der Waals surface area contributed by atoms with Crippen LogP contribution < -0.4 is 5.73 Å². The average Bonchev–Trinajstić information content (AvgIpc) is 2.74. The number of amides is 1. The van der Waals surface area contributed by atoms with Gasteiger partial charge in [-0.2, -0.15) is 0 Å². The molecule has 1 heterocycles. The van der Waals surface area contributed by atoms with Crippen molar-refractivity contribution >= 4 is 29.9 Å². The molecule has 0 saturated carbocycles. The van der Waals surface area contributed by atoms with Gasteiger partial charge in [0.1, 0.15) is 0 Å². The van der Waals surface area contributed by atoms with Crippen LogP contribution in [0.25, 0.3) is 0 Å². The average molecular weight is 325 g/mol. The smallest absolute Gasteiger partial charge is 0.255 e. The second kappa shape index (κ2) is 6.70. The SMILES string of the molecule is CC1CC(CN)CN1C(=O)c1cc(F)c(F)cc1Cl.Cl. The predicted molar refractivity (Wildman–Crippen MR) is 76.3 cm³/mol. The molecule has 0 aliphatic carbocycles. The number of likely N-dealkylation sites (tertiary alicyclic amines) is 1. The summed E-state index contributed by atoms with van der Waals surface area (Å²) >= 11 is 5.81. The summed E-state index contributed by atoms with van der Waals surface area (Å²) in [6.07, 6.45) is 0.809. The number of carbonyl (C=O) groups excluding carboxylic acids is 1. The van der Waals surface area contributed by atoms with Gasteiger partial charge in [-0.05, 0) is 37.9 Å². The zero-order valence-corrected chi connectivity index (χ0v) is 12.5. The van der Waals surface area contributed by atoms with Crippen molar-refractivity contribution in [3.8, 4) is 0 Å². The van der Waals surface area contributed by atoms with E-state index in [1.165, 1.54) is 0 Å². The van der Waals surface area contributed by atoms with Crippen molar-refractivity contribution in [2.24, 2.45) is 11.7 Å². The molecule has 2 rings (SSSR count). The van der Waals surface area contributed by atoms with Crippen LogP contribution in [0.2, 0.25) is 5.02 Å². The van der Waals surface area contributed by atoms with Gasteiger partial charge in [-0.25, -0.2) is 8.78 Å². The fraction of sp³-hybridized carbons (Fsp3) is 0.462. The number of hydrogen-bond acceptors (Lipinski definition) is 2. The van der Waals surface area contributed by atoms with E-state index in [9.17, 15) is 13.6 Å². The van der Waals surface area contributed by atoms with Crippen LogP contribution in [-0.4, -0.2) is 29.9 Å². The molecule has 0 aromatic heterocycles. The van der Waals surface area contributed by atoms with Crippen LogP contribution in [-0.2, 0) is 0 Å². The monoisotopic (exact) mass is 324 g/mol. The minimum absolute atomic E-state index is 0. The molecule has 3 nitrogen and oxygen atoms in total. The van der Waals surface area contributed by atoms with E-state index in [-0.39, 0.29) is 40.9 Å². The molecule has 1 aliphatic heterocycles. The van der Waals surface area contributed by atoms with E-state index in [0.29, 0.717) is 13.1 Å². The topological polar surface area (TPSA) is 46.3 Å². The summed E-state index contributed by atoms with van der Waals surface area (Å²) in [6.45, 7) is 2.92. The molecule has 1 aromatic rings. The summed E-state index contributed by atoms with van der Waals surface area (Å²) in [5.74, 6) is -2.28. The van der Waals surface area contributed by atoms with Crippen LogP contribution in [0.1, 0.15) is 23.7 Å². The number of halogens is 4. The van der Waals surface area contributed by atoms with Gasteiger partial charge in [0, 0.05) is 12.6 Å². The van der Waals surface area contributed by atoms with E-state index >= 15 is 0 Å². The fourth-order valence-corrected chi connectivity index (χ4v) is 2.67. The molecular weight excluding hydrogens is 309 g/mol. The van der Waals surface area contributed by atoms with Gasteiger partial charge in [0.2, 0.25) is 0 Å². The molecule has 1 aliphatic rings. The van der Waals surface area contributed by atoms with Crippen molar-refractivity contribution in [3.05, 3.63) is 34.4 Å². The van der Waals surface area contributed by atoms with Crippen LogP contribution in [0, 0.1) is 17.6 Å². The summed E-state index contributed by atoms with van der Waals surface area (Å²) < 4.78 is 26.2. The first-order valence-electron chi connectivity index (χ1n) is 6.09. The highest BCUT2D eigenvalue weighted by Gasteiger charge is 2.33. The summed E-state index contributed by atoms with van der Waals surface area (Å²) in [5.41, 5.74) is 5.59. The third-order valence-corrected chi connectivity index (χ3v) is 3.81. The minimum atomic E-state index is -1.07. The molecule has 1 saturated heterocycles. The molecule has 2 atom stereocenters. The zero-order valence-electron chi connectivity index (χ0n) is 10.9. The molecule has 1 fully saturated rings. The lowest BCUT2D eigenvalue weighted by atomic mass is 10.1. The number of benzene rings is 1. The maximum atomic E-state index is 13.2. The third-order valence-electron chi connectivity index (χ3n) is 3.50. The Bertz CT molecular complexity index is 513. The number of nitrogens with zero attached hydrogens (tertiary/aromatic N) is 1. The van der Waals surface area contributed by atoms with Gasteiger partial charge in [-0.3, -0.25) is 4.79 Å². The quantitative estimate of drug-likeness (QED) is 0.850. The Labute approximate surface area is 127 Å². The first kappa shape index (κ1) is 17.1. The molecule has 2 unspecified atom stereocenters. The summed E-state index contributed by atoms with van der Waals surface area (Å²) in [5, 5.41) is -0.0766. The molecule has 7 heteroatoms. The highest BCUT2D eigenvalue weighted by molar-refractivity contribution is 6.33. The molecule has 0 spiro atoms. The first-order chi connectivity index (χ1) is 8.93. The van der Waals surface area contributed by atoms with E-state index in [0.717, 1.165) is 18.6 Å². The lowest BCUT2D eigenvalue weighted by Crippen LogP contribution is -2.34. The van der Waals surface area contributed by atoms with Gasteiger partial charge in [-0.1, -0.05) is 11.6 Å². The van der Waals surface area contributed by atoms with Crippen LogP contribution >= 0.6 is 24.0 Å². The Morgan fingerprint density at radius 3 is 2.60 bits per heavy atom. The molecule has 0 radical (unpaired) electrons. The van der Waals surface area contributed by atoms with Crippen molar-refractivity contribution in [2.75, 3.05) is 13.1 Å². The van der Waals surface area contributed by atoms with Crippen molar-refractivity contribution in [3.63, 3.8) is 0 Å². The molecule has 112 valence electrons. The molecule has 0 bridgehead atoms. The Morgan fingerprint density at radius 1 is 1.45 bits per heavy atom. The molecule has 1 aromatic carbocycles. The highest BCUT2D eigenvalue weighted by atomic mass is 35.5. The molecule has 2 N–H and O–H groups in total. The van der Waals surface area contributed by atoms with Crippen molar-refractivity contribution in [1.29, 1.82) is 0 Å². The standard InChI is InChI=1S/C13H15ClF2N2O.ClH/c1-7-2-8(5-17)6-18(7)13(19)9-3-11(15)12(16)4-10(9)14;/h3-4,7-8H,2,5-6,17H2,1H3;1H. The lowest BCUT2D eigenvalue weighted by molar-refractivity contribution is 0.0743. The van der Waals surface area contributed by atoms with E-state index in [1.807, 2.05) is 6.92 Å². The van der Waals surface area contributed by atoms with Crippen molar-refractivity contribution in [2.45, 2.75) is 19.4 Å². The van der Waals surface area contributed by atoms with Gasteiger partial charge < -0.3 is 10.6 Å². The molecular formula is C13H16Cl2F2N2O. The van der Waals surface area contributed by atoms with Crippen molar-refractivity contribution in [1.82, 2.24) is 4.90 Å². The minimum Gasteiger partial charge on any atom is -0.336 e. The van der Waals surface area contributed by atoms with E-state index in [2.05, 4.69) is 0 Å². The van der Waals surface area contributed by atoms with Gasteiger partial charge in [-0.15, -0.1) is 12.4 Å². The zero-order chi connectivity index (χ0) is 14.2. The van der Waals surface area contributed by atoms with Gasteiger partial charge in [0.25, 0.3) is 5.91 Å². The summed E-state index contributed by atoms with van der Waals surface area (Å²) in [6, 6.07) is 1.69. The Hall–Kier alpha value is -0.910. The Kier molecular flexibility index (Phi) is 5.74. The number of hydrogen-bond donors (Lipinski definition) is 1. The van der Waals surface area contributed by atoms with E-state index < -0.39 is 11.6 Å². The fourth-order valence-electron chi connectivity index (χ4n) is 2.44. The Morgan fingerprint density at radius 2 is 2.05 bits per heavy atom. The lowest BCUT2D eigenvalue weighted by Gasteiger charge is -2.22. The largest absolute Gasteiger partial charge is 0.336 e. The second-order valence-electron chi connectivity index (χ2n) is 4.89. The predicted octanol–water partition coefficient (Wildman–Crippen LogP) is 2.85. The molecule has 1 amide bonds. The highest BCUT2D eigenvalue weighted by Crippen LogP contribution is 2.27. The number of carbonyl (C=O) groups is 1. The van der Waals surface area contributed by atoms with E-state index in [1.54, 1.807) is 4.90 Å². The number of rotatable bonds is 2. The van der Waals surface area contributed by atoms with Gasteiger partial charge in [0.15, 0.2) is 11.6 Å². The van der Waals surface area contributed by atoms with Gasteiger partial charge in [0.05, 0.1) is 10.6 Å². The maximum Gasteiger partial charge on any atom is 0.255 e. The Balaban J connectivity index is 0.00000200. The van der Waals surface area contributed by atoms with Crippen LogP contribution in [0.4, 0.5) is 8.78 Å². The van der Waals surface area contributed by atoms with Crippen LogP contribution in [0.5, 0.6) is 0 Å².